The number of nitrogens with one attached hydrogen (secondary N) is 1. The standard InChI is InChI=1S/C15H21NO2/c1-15(2,3)14-11-7-6-10(17-5)8-12(11)18-13(14)9-16-4/h6-8,16H,9H2,1-5H3. The molecular weight excluding hydrogens is 226 g/mol. The summed E-state index contributed by atoms with van der Waals surface area (Å²) >= 11 is 0. The van der Waals surface area contributed by atoms with E-state index in [-0.39, 0.29) is 5.41 Å². The molecule has 0 saturated carbocycles. The first kappa shape index (κ1) is 13.0. The molecule has 0 unspecified atom stereocenters. The van der Waals surface area contributed by atoms with Crippen LogP contribution in [-0.4, -0.2) is 14.2 Å². The molecule has 0 aliphatic carbocycles. The van der Waals surface area contributed by atoms with E-state index in [9.17, 15) is 0 Å². The molecule has 0 amide bonds. The predicted molar refractivity (Wildman–Crippen MR) is 74.2 cm³/mol. The van der Waals surface area contributed by atoms with Gasteiger partial charge in [0.15, 0.2) is 0 Å². The van der Waals surface area contributed by atoms with E-state index in [0.29, 0.717) is 0 Å². The number of hydrogen-bond acceptors (Lipinski definition) is 3. The van der Waals surface area contributed by atoms with Crippen molar-refractivity contribution >= 4 is 11.0 Å². The predicted octanol–water partition coefficient (Wildman–Crippen LogP) is 3.46. The first-order valence-electron chi connectivity index (χ1n) is 6.22. The van der Waals surface area contributed by atoms with Crippen molar-refractivity contribution in [2.24, 2.45) is 0 Å². The van der Waals surface area contributed by atoms with Gasteiger partial charge in [0.25, 0.3) is 0 Å². The van der Waals surface area contributed by atoms with E-state index in [2.05, 4.69) is 32.2 Å². The highest BCUT2D eigenvalue weighted by atomic mass is 16.5. The Hall–Kier alpha value is -1.48. The van der Waals surface area contributed by atoms with E-state index in [1.807, 2.05) is 19.2 Å². The molecule has 3 heteroatoms. The molecule has 0 bridgehead atoms. The van der Waals surface area contributed by atoms with Crippen LogP contribution in [0.2, 0.25) is 0 Å². The van der Waals surface area contributed by atoms with Gasteiger partial charge in [0.05, 0.1) is 13.7 Å². The lowest BCUT2D eigenvalue weighted by molar-refractivity contribution is 0.414. The van der Waals surface area contributed by atoms with Crippen molar-refractivity contribution in [3.8, 4) is 5.75 Å². The smallest absolute Gasteiger partial charge is 0.138 e. The van der Waals surface area contributed by atoms with Crippen LogP contribution in [0.1, 0.15) is 32.1 Å². The zero-order chi connectivity index (χ0) is 13.3. The molecule has 0 aliphatic heterocycles. The van der Waals surface area contributed by atoms with Gasteiger partial charge < -0.3 is 14.5 Å². The largest absolute Gasteiger partial charge is 0.497 e. The molecule has 18 heavy (non-hydrogen) atoms. The third-order valence-corrected chi connectivity index (χ3v) is 3.06. The van der Waals surface area contributed by atoms with Crippen LogP contribution in [0.4, 0.5) is 0 Å². The lowest BCUT2D eigenvalue weighted by Crippen LogP contribution is -2.15. The van der Waals surface area contributed by atoms with Crippen molar-refractivity contribution in [3.05, 3.63) is 29.5 Å². The average Bonchev–Trinajstić information content (AvgIpc) is 2.65. The Bertz CT molecular complexity index is 549. The summed E-state index contributed by atoms with van der Waals surface area (Å²) in [5, 5.41) is 4.34. The van der Waals surface area contributed by atoms with Crippen LogP contribution in [0.25, 0.3) is 11.0 Å². The number of ether oxygens (including phenoxy) is 1. The zero-order valence-corrected chi connectivity index (χ0v) is 11.8. The highest BCUT2D eigenvalue weighted by Crippen LogP contribution is 2.36. The molecule has 0 radical (unpaired) electrons. The molecule has 0 aliphatic rings. The lowest BCUT2D eigenvalue weighted by atomic mass is 9.85. The van der Waals surface area contributed by atoms with Gasteiger partial charge >= 0.3 is 0 Å². The summed E-state index contributed by atoms with van der Waals surface area (Å²) < 4.78 is 11.2. The van der Waals surface area contributed by atoms with Crippen molar-refractivity contribution in [1.29, 1.82) is 0 Å². The Labute approximate surface area is 108 Å². The summed E-state index contributed by atoms with van der Waals surface area (Å²) in [6, 6.07) is 6.01. The minimum absolute atomic E-state index is 0.0615. The Morgan fingerprint density at radius 2 is 2.00 bits per heavy atom. The highest BCUT2D eigenvalue weighted by Gasteiger charge is 2.24. The molecular formula is C15H21NO2. The maximum atomic E-state index is 5.97. The third-order valence-electron chi connectivity index (χ3n) is 3.06. The Morgan fingerprint density at radius 3 is 2.56 bits per heavy atom. The normalized spacial score (nSPS) is 12.1. The molecule has 1 heterocycles. The van der Waals surface area contributed by atoms with E-state index in [1.165, 1.54) is 10.9 Å². The molecule has 3 nitrogen and oxygen atoms in total. The van der Waals surface area contributed by atoms with Gasteiger partial charge in [-0.2, -0.15) is 0 Å². The van der Waals surface area contributed by atoms with E-state index < -0.39 is 0 Å². The molecule has 0 spiro atoms. The van der Waals surface area contributed by atoms with Gasteiger partial charge in [-0.25, -0.2) is 0 Å². The topological polar surface area (TPSA) is 34.4 Å². The molecule has 2 rings (SSSR count). The van der Waals surface area contributed by atoms with Gasteiger partial charge in [-0.3, -0.25) is 0 Å². The van der Waals surface area contributed by atoms with E-state index in [1.54, 1.807) is 7.11 Å². The monoisotopic (exact) mass is 247 g/mol. The van der Waals surface area contributed by atoms with Crippen molar-refractivity contribution in [1.82, 2.24) is 5.32 Å². The number of furan rings is 1. The second-order valence-electron chi connectivity index (χ2n) is 5.54. The summed E-state index contributed by atoms with van der Waals surface area (Å²) in [6.07, 6.45) is 0. The SMILES string of the molecule is CNCc1oc2cc(OC)ccc2c1C(C)(C)C. The van der Waals surface area contributed by atoms with Crippen LogP contribution in [0.3, 0.4) is 0 Å². The second-order valence-corrected chi connectivity index (χ2v) is 5.54. The molecule has 2 aromatic rings. The van der Waals surface area contributed by atoms with Gasteiger partial charge in [-0.05, 0) is 24.6 Å². The van der Waals surface area contributed by atoms with Crippen LogP contribution >= 0.6 is 0 Å². The quantitative estimate of drug-likeness (QED) is 0.902. The van der Waals surface area contributed by atoms with Gasteiger partial charge in [0.2, 0.25) is 0 Å². The molecule has 0 saturated heterocycles. The Balaban J connectivity index is 2.67. The third kappa shape index (κ3) is 2.23. The summed E-state index contributed by atoms with van der Waals surface area (Å²) in [5.74, 6) is 1.83. The van der Waals surface area contributed by atoms with Crippen molar-refractivity contribution in [2.45, 2.75) is 32.7 Å². The minimum atomic E-state index is 0.0615. The average molecular weight is 247 g/mol. The number of methoxy groups -OCH3 is 1. The fourth-order valence-corrected chi connectivity index (χ4v) is 2.36. The van der Waals surface area contributed by atoms with Crippen molar-refractivity contribution in [3.63, 3.8) is 0 Å². The second kappa shape index (κ2) is 4.65. The maximum Gasteiger partial charge on any atom is 0.138 e. The molecule has 0 atom stereocenters. The molecule has 1 N–H and O–H groups in total. The first-order valence-corrected chi connectivity index (χ1v) is 6.22. The molecule has 1 aromatic heterocycles. The van der Waals surface area contributed by atoms with Gasteiger partial charge in [-0.15, -0.1) is 0 Å². The number of fused-ring (bicyclic) bond motifs is 1. The Morgan fingerprint density at radius 1 is 1.28 bits per heavy atom. The Kier molecular flexibility index (Phi) is 3.35. The summed E-state index contributed by atoms with van der Waals surface area (Å²) in [4.78, 5) is 0. The van der Waals surface area contributed by atoms with Crippen LogP contribution < -0.4 is 10.1 Å². The molecule has 0 fully saturated rings. The van der Waals surface area contributed by atoms with Crippen molar-refractivity contribution in [2.75, 3.05) is 14.2 Å². The summed E-state index contributed by atoms with van der Waals surface area (Å²) in [5.41, 5.74) is 2.23. The fourth-order valence-electron chi connectivity index (χ4n) is 2.36. The van der Waals surface area contributed by atoms with Crippen LogP contribution in [-0.2, 0) is 12.0 Å². The molecule has 1 aromatic carbocycles. The number of hydrogen-bond donors (Lipinski definition) is 1. The van der Waals surface area contributed by atoms with Gasteiger partial charge in [-0.1, -0.05) is 20.8 Å². The van der Waals surface area contributed by atoms with E-state index in [4.69, 9.17) is 9.15 Å². The fraction of sp³-hybridized carbons (Fsp3) is 0.467. The highest BCUT2D eigenvalue weighted by molar-refractivity contribution is 5.84. The molecule has 98 valence electrons. The zero-order valence-electron chi connectivity index (χ0n) is 11.8. The van der Waals surface area contributed by atoms with Crippen LogP contribution in [0.15, 0.2) is 22.6 Å². The van der Waals surface area contributed by atoms with Gasteiger partial charge in [0.1, 0.15) is 17.1 Å². The summed E-state index contributed by atoms with van der Waals surface area (Å²) in [7, 11) is 3.60. The van der Waals surface area contributed by atoms with Crippen LogP contribution in [0.5, 0.6) is 5.75 Å². The number of rotatable bonds is 3. The minimum Gasteiger partial charge on any atom is -0.497 e. The first-order chi connectivity index (χ1) is 8.47. The van der Waals surface area contributed by atoms with Crippen LogP contribution in [0, 0.1) is 0 Å². The number of benzene rings is 1. The van der Waals surface area contributed by atoms with Gasteiger partial charge in [0, 0.05) is 17.0 Å². The summed E-state index contributed by atoms with van der Waals surface area (Å²) in [6.45, 7) is 7.37. The maximum absolute atomic E-state index is 5.97. The van der Waals surface area contributed by atoms with E-state index in [0.717, 1.165) is 23.6 Å². The van der Waals surface area contributed by atoms with E-state index >= 15 is 0 Å². The lowest BCUT2D eigenvalue weighted by Gasteiger charge is -2.19. The van der Waals surface area contributed by atoms with Crippen molar-refractivity contribution < 1.29 is 9.15 Å².